The molecule has 4 nitrogen and oxygen atoms in total. The second-order valence-corrected chi connectivity index (χ2v) is 6.35. The molecule has 2 aromatic carbocycles. The Balaban J connectivity index is 2.77. The van der Waals surface area contributed by atoms with Crippen LogP contribution in [0.2, 0.25) is 0 Å². The van der Waals surface area contributed by atoms with Crippen molar-refractivity contribution in [3.8, 4) is 11.5 Å². The number of carboxylic acids is 1. The number of hydrogen-bond donors (Lipinski definition) is 3. The molecule has 0 aliphatic carbocycles. The smallest absolute Gasteiger partial charge is 0.318 e. The predicted molar refractivity (Wildman–Crippen MR) is 89.3 cm³/mol. The number of phenols is 2. The summed E-state index contributed by atoms with van der Waals surface area (Å²) in [6.07, 6.45) is 0. The van der Waals surface area contributed by atoms with Gasteiger partial charge in [-0.1, -0.05) is 24.3 Å². The van der Waals surface area contributed by atoms with Gasteiger partial charge in [0.05, 0.1) is 0 Å². The molecule has 0 radical (unpaired) electrons. The maximum atomic E-state index is 12.1. The van der Waals surface area contributed by atoms with Crippen LogP contribution in [-0.4, -0.2) is 21.3 Å². The second kappa shape index (κ2) is 5.61. The fraction of sp³-hybridized carbons (Fsp3) is 0.316. The summed E-state index contributed by atoms with van der Waals surface area (Å²) in [5.41, 5.74) is 2.48. The first-order chi connectivity index (χ1) is 10.6. The number of aromatic hydroxyl groups is 2. The number of carbonyl (C=O) groups is 1. The summed E-state index contributed by atoms with van der Waals surface area (Å²) in [4.78, 5) is 12.1. The van der Waals surface area contributed by atoms with E-state index in [2.05, 4.69) is 0 Å². The lowest BCUT2D eigenvalue weighted by Gasteiger charge is -2.28. The van der Waals surface area contributed by atoms with E-state index in [9.17, 15) is 20.1 Å². The zero-order valence-electron chi connectivity index (χ0n) is 14.1. The summed E-state index contributed by atoms with van der Waals surface area (Å²) in [5, 5.41) is 29.8. The Morgan fingerprint density at radius 1 is 0.783 bits per heavy atom. The van der Waals surface area contributed by atoms with Crippen LogP contribution in [0.5, 0.6) is 11.5 Å². The van der Waals surface area contributed by atoms with Crippen molar-refractivity contribution in [3.05, 3.63) is 57.6 Å². The van der Waals surface area contributed by atoms with Gasteiger partial charge in [-0.3, -0.25) is 4.79 Å². The molecule has 4 heteroatoms. The van der Waals surface area contributed by atoms with Crippen LogP contribution in [0.25, 0.3) is 0 Å². The molecular formula is C19H22O4. The summed E-state index contributed by atoms with van der Waals surface area (Å²) < 4.78 is 0. The standard InChI is InChI=1S/C19H22O4/c1-10-6-14(7-11(2)16(10)20)19(5,18(22)23)15-8-12(3)17(21)13(4)9-15/h6-9,20-21H,1-5H3,(H,22,23). The minimum absolute atomic E-state index is 0.180. The van der Waals surface area contributed by atoms with Crippen molar-refractivity contribution in [3.63, 3.8) is 0 Å². The van der Waals surface area contributed by atoms with Crippen LogP contribution >= 0.6 is 0 Å². The number of aryl methyl sites for hydroxylation is 4. The van der Waals surface area contributed by atoms with Crippen molar-refractivity contribution in [2.45, 2.75) is 40.0 Å². The van der Waals surface area contributed by atoms with E-state index >= 15 is 0 Å². The van der Waals surface area contributed by atoms with E-state index in [1.165, 1.54) is 0 Å². The summed E-state index contributed by atoms with van der Waals surface area (Å²) in [5.74, 6) is -0.620. The van der Waals surface area contributed by atoms with Crippen LogP contribution in [0.3, 0.4) is 0 Å². The normalized spacial score (nSPS) is 11.5. The van der Waals surface area contributed by atoms with Gasteiger partial charge in [0.1, 0.15) is 16.9 Å². The fourth-order valence-electron chi connectivity index (χ4n) is 2.90. The molecule has 3 N–H and O–H groups in total. The first kappa shape index (κ1) is 16.9. The highest BCUT2D eigenvalue weighted by Gasteiger charge is 2.38. The van der Waals surface area contributed by atoms with Gasteiger partial charge in [-0.2, -0.15) is 0 Å². The van der Waals surface area contributed by atoms with Crippen molar-refractivity contribution in [2.75, 3.05) is 0 Å². The van der Waals surface area contributed by atoms with E-state index in [4.69, 9.17) is 0 Å². The Bertz CT molecular complexity index is 686. The molecule has 0 bridgehead atoms. The van der Waals surface area contributed by atoms with Crippen molar-refractivity contribution in [1.82, 2.24) is 0 Å². The van der Waals surface area contributed by atoms with Gasteiger partial charge < -0.3 is 15.3 Å². The van der Waals surface area contributed by atoms with Crippen LogP contribution in [0.15, 0.2) is 24.3 Å². The van der Waals surface area contributed by atoms with Gasteiger partial charge in [0.15, 0.2) is 0 Å². The summed E-state index contributed by atoms with van der Waals surface area (Å²) in [7, 11) is 0. The highest BCUT2D eigenvalue weighted by Crippen LogP contribution is 2.38. The minimum Gasteiger partial charge on any atom is -0.507 e. The van der Waals surface area contributed by atoms with E-state index in [0.717, 1.165) is 0 Å². The quantitative estimate of drug-likeness (QED) is 0.807. The highest BCUT2D eigenvalue weighted by atomic mass is 16.4. The number of aliphatic carboxylic acids is 1. The highest BCUT2D eigenvalue weighted by molar-refractivity contribution is 5.86. The number of hydrogen-bond acceptors (Lipinski definition) is 3. The molecule has 0 aromatic heterocycles. The van der Waals surface area contributed by atoms with Crippen molar-refractivity contribution in [2.24, 2.45) is 0 Å². The Hall–Kier alpha value is -2.49. The van der Waals surface area contributed by atoms with E-state index in [1.807, 2.05) is 0 Å². The molecule has 0 amide bonds. The molecule has 0 saturated carbocycles. The van der Waals surface area contributed by atoms with Crippen molar-refractivity contribution in [1.29, 1.82) is 0 Å². The number of phenolic OH excluding ortho intramolecular Hbond substituents is 2. The topological polar surface area (TPSA) is 77.8 Å². The molecule has 0 saturated heterocycles. The van der Waals surface area contributed by atoms with Gasteiger partial charge >= 0.3 is 5.97 Å². The number of carboxylic acid groups (broad SMARTS) is 1. The molecule has 23 heavy (non-hydrogen) atoms. The Labute approximate surface area is 136 Å². The van der Waals surface area contributed by atoms with Gasteiger partial charge in [-0.05, 0) is 68.0 Å². The van der Waals surface area contributed by atoms with Gasteiger partial charge in [0.2, 0.25) is 0 Å². The Morgan fingerprint density at radius 3 is 1.26 bits per heavy atom. The van der Waals surface area contributed by atoms with Crippen LogP contribution in [0.1, 0.15) is 40.3 Å². The SMILES string of the molecule is Cc1cc(C(C)(C(=O)O)c2cc(C)c(O)c(C)c2)cc(C)c1O. The molecule has 0 heterocycles. The molecule has 2 rings (SSSR count). The van der Waals surface area contributed by atoms with Crippen LogP contribution in [-0.2, 0) is 10.2 Å². The molecule has 0 aliphatic heterocycles. The lowest BCUT2D eigenvalue weighted by Crippen LogP contribution is -2.34. The minimum atomic E-state index is -1.27. The summed E-state index contributed by atoms with van der Waals surface area (Å²) >= 11 is 0. The largest absolute Gasteiger partial charge is 0.507 e. The van der Waals surface area contributed by atoms with Crippen LogP contribution in [0, 0.1) is 27.7 Å². The zero-order valence-corrected chi connectivity index (χ0v) is 14.1. The maximum Gasteiger partial charge on any atom is 0.318 e. The van der Waals surface area contributed by atoms with Gasteiger partial charge in [-0.25, -0.2) is 0 Å². The fourth-order valence-corrected chi connectivity index (χ4v) is 2.90. The predicted octanol–water partition coefficient (Wildman–Crippen LogP) is 3.72. The van der Waals surface area contributed by atoms with Crippen LogP contribution in [0.4, 0.5) is 0 Å². The first-order valence-corrected chi connectivity index (χ1v) is 7.43. The molecule has 0 unspecified atom stereocenters. The third-order valence-corrected chi connectivity index (χ3v) is 4.56. The van der Waals surface area contributed by atoms with Gasteiger partial charge in [0.25, 0.3) is 0 Å². The molecule has 2 aromatic rings. The summed E-state index contributed by atoms with van der Waals surface area (Å²) in [6, 6.07) is 6.81. The van der Waals surface area contributed by atoms with Crippen LogP contribution < -0.4 is 0 Å². The molecule has 122 valence electrons. The zero-order chi connectivity index (χ0) is 17.5. The third kappa shape index (κ3) is 2.65. The second-order valence-electron chi connectivity index (χ2n) is 6.35. The van der Waals surface area contributed by atoms with E-state index < -0.39 is 11.4 Å². The van der Waals surface area contributed by atoms with Crippen molar-refractivity contribution < 1.29 is 20.1 Å². The van der Waals surface area contributed by atoms with E-state index in [0.29, 0.717) is 33.4 Å². The molecule has 0 aliphatic rings. The maximum absolute atomic E-state index is 12.1. The lowest BCUT2D eigenvalue weighted by atomic mass is 9.74. The summed E-state index contributed by atoms with van der Waals surface area (Å²) in [6.45, 7) is 8.65. The average Bonchev–Trinajstić information content (AvgIpc) is 2.48. The van der Waals surface area contributed by atoms with E-state index in [1.54, 1.807) is 58.9 Å². The van der Waals surface area contributed by atoms with E-state index in [-0.39, 0.29) is 11.5 Å². The lowest BCUT2D eigenvalue weighted by molar-refractivity contribution is -0.141. The monoisotopic (exact) mass is 314 g/mol. The Morgan fingerprint density at radius 2 is 1.04 bits per heavy atom. The van der Waals surface area contributed by atoms with Gasteiger partial charge in [-0.15, -0.1) is 0 Å². The first-order valence-electron chi connectivity index (χ1n) is 7.43. The molecule has 0 atom stereocenters. The average molecular weight is 314 g/mol. The van der Waals surface area contributed by atoms with Crippen molar-refractivity contribution >= 4 is 5.97 Å². The third-order valence-electron chi connectivity index (χ3n) is 4.56. The molecular weight excluding hydrogens is 292 g/mol. The number of benzene rings is 2. The number of rotatable bonds is 3. The Kier molecular flexibility index (Phi) is 4.12. The van der Waals surface area contributed by atoms with Gasteiger partial charge in [0, 0.05) is 0 Å². The molecule has 0 spiro atoms. The molecule has 0 fully saturated rings.